The van der Waals surface area contributed by atoms with E-state index in [0.29, 0.717) is 5.92 Å². The van der Waals surface area contributed by atoms with Crippen molar-refractivity contribution in [2.45, 2.75) is 59.0 Å². The van der Waals surface area contributed by atoms with Gasteiger partial charge in [0, 0.05) is 13.1 Å². The summed E-state index contributed by atoms with van der Waals surface area (Å²) < 4.78 is 3.93. The van der Waals surface area contributed by atoms with Gasteiger partial charge in [0.25, 0.3) is 0 Å². The minimum Gasteiger partial charge on any atom is -0.293 e. The van der Waals surface area contributed by atoms with Crippen LogP contribution >= 0.6 is 0 Å². The van der Waals surface area contributed by atoms with Crippen LogP contribution in [0.5, 0.6) is 0 Å². The number of fused-ring (bicyclic) bond motifs is 2. The molecule has 0 N–H and O–H groups in total. The minimum absolute atomic E-state index is 0.181. The standard InChI is InChI=1S/C15H22N2O/c1-3-16-13-10-9-11-7-5-6-8-12(11)14(13)17(4-2)15(16)18/h10-11H,3-9H2,1-2H3. The second-order valence-corrected chi connectivity index (χ2v) is 5.41. The Morgan fingerprint density at radius 1 is 1.22 bits per heavy atom. The van der Waals surface area contributed by atoms with Gasteiger partial charge in [-0.15, -0.1) is 0 Å². The fraction of sp³-hybridized carbons (Fsp3) is 0.667. The van der Waals surface area contributed by atoms with Crippen molar-refractivity contribution in [3.63, 3.8) is 0 Å². The van der Waals surface area contributed by atoms with E-state index in [1.165, 1.54) is 36.4 Å². The molecule has 3 nitrogen and oxygen atoms in total. The molecule has 2 aliphatic carbocycles. The monoisotopic (exact) mass is 246 g/mol. The van der Waals surface area contributed by atoms with E-state index < -0.39 is 0 Å². The van der Waals surface area contributed by atoms with Gasteiger partial charge in [-0.1, -0.05) is 12.5 Å². The Morgan fingerprint density at radius 2 is 2.00 bits per heavy atom. The summed E-state index contributed by atoms with van der Waals surface area (Å²) in [6.07, 6.45) is 8.57. The van der Waals surface area contributed by atoms with Crippen LogP contribution in [0.1, 0.15) is 46.0 Å². The zero-order valence-electron chi connectivity index (χ0n) is 11.4. The highest BCUT2D eigenvalue weighted by molar-refractivity contribution is 5.52. The lowest BCUT2D eigenvalue weighted by Crippen LogP contribution is -2.40. The molecule has 1 heterocycles. The van der Waals surface area contributed by atoms with Gasteiger partial charge in [-0.3, -0.25) is 9.13 Å². The molecule has 0 bridgehead atoms. The molecule has 2 aliphatic rings. The summed E-state index contributed by atoms with van der Waals surface area (Å²) in [5, 5.41) is 2.46. The SMILES string of the molecule is CCn1c2c(n(CC)c1=O)=C1CCCCC1CC=2. The number of hydrogen-bond donors (Lipinski definition) is 0. The van der Waals surface area contributed by atoms with Gasteiger partial charge in [0.2, 0.25) is 0 Å². The van der Waals surface area contributed by atoms with Crippen LogP contribution < -0.4 is 16.4 Å². The van der Waals surface area contributed by atoms with Crippen LogP contribution in [-0.2, 0) is 13.1 Å². The topological polar surface area (TPSA) is 26.9 Å². The second-order valence-electron chi connectivity index (χ2n) is 5.41. The van der Waals surface area contributed by atoms with E-state index in [9.17, 15) is 4.79 Å². The molecule has 0 amide bonds. The summed E-state index contributed by atoms with van der Waals surface area (Å²) in [4.78, 5) is 12.4. The lowest BCUT2D eigenvalue weighted by molar-refractivity contribution is 0.502. The molecule has 0 aliphatic heterocycles. The van der Waals surface area contributed by atoms with Gasteiger partial charge in [0.15, 0.2) is 0 Å². The highest BCUT2D eigenvalue weighted by Crippen LogP contribution is 2.32. The molecular formula is C15H22N2O. The molecule has 1 aromatic rings. The zero-order valence-corrected chi connectivity index (χ0v) is 11.4. The third kappa shape index (κ3) is 1.53. The Balaban J connectivity index is 2.40. The highest BCUT2D eigenvalue weighted by atomic mass is 16.1. The number of imidazole rings is 1. The zero-order chi connectivity index (χ0) is 12.7. The first-order valence-electron chi connectivity index (χ1n) is 7.30. The van der Waals surface area contributed by atoms with Crippen molar-refractivity contribution in [1.29, 1.82) is 0 Å². The van der Waals surface area contributed by atoms with Gasteiger partial charge in [-0.05, 0) is 51.0 Å². The first-order chi connectivity index (χ1) is 8.77. The quantitative estimate of drug-likeness (QED) is 0.770. The van der Waals surface area contributed by atoms with E-state index in [4.69, 9.17) is 0 Å². The predicted octanol–water partition coefficient (Wildman–Crippen LogP) is 1.21. The van der Waals surface area contributed by atoms with Crippen molar-refractivity contribution < 1.29 is 0 Å². The Bertz CT molecular complexity index is 633. The Hall–Kier alpha value is -1.25. The molecule has 0 saturated heterocycles. The van der Waals surface area contributed by atoms with Crippen molar-refractivity contribution in [2.24, 2.45) is 5.92 Å². The van der Waals surface area contributed by atoms with Crippen LogP contribution in [0.4, 0.5) is 0 Å². The first-order valence-corrected chi connectivity index (χ1v) is 7.30. The predicted molar refractivity (Wildman–Crippen MR) is 73.7 cm³/mol. The fourth-order valence-corrected chi connectivity index (χ4v) is 3.66. The van der Waals surface area contributed by atoms with Crippen molar-refractivity contribution in [3.8, 4) is 0 Å². The summed E-state index contributed by atoms with van der Waals surface area (Å²) in [5.74, 6) is 0.705. The van der Waals surface area contributed by atoms with E-state index in [1.807, 2.05) is 9.13 Å². The summed E-state index contributed by atoms with van der Waals surface area (Å²) in [5.41, 5.74) is 1.74. The molecule has 3 heteroatoms. The van der Waals surface area contributed by atoms with E-state index >= 15 is 0 Å². The van der Waals surface area contributed by atoms with Crippen LogP contribution in [0.3, 0.4) is 0 Å². The average molecular weight is 246 g/mol. The Labute approximate surface area is 107 Å². The molecule has 1 fully saturated rings. The van der Waals surface area contributed by atoms with E-state index in [0.717, 1.165) is 19.5 Å². The largest absolute Gasteiger partial charge is 0.329 e. The van der Waals surface area contributed by atoms with E-state index in [1.54, 1.807) is 5.57 Å². The number of hydrogen-bond acceptors (Lipinski definition) is 1. The maximum atomic E-state index is 12.4. The highest BCUT2D eigenvalue weighted by Gasteiger charge is 2.24. The first kappa shape index (κ1) is 11.8. The van der Waals surface area contributed by atoms with Crippen LogP contribution in [0.2, 0.25) is 0 Å². The Morgan fingerprint density at radius 3 is 2.72 bits per heavy atom. The fourth-order valence-electron chi connectivity index (χ4n) is 3.66. The molecule has 0 radical (unpaired) electrons. The van der Waals surface area contributed by atoms with Crippen molar-refractivity contribution in [3.05, 3.63) is 21.2 Å². The van der Waals surface area contributed by atoms with Crippen LogP contribution in [0.25, 0.3) is 11.6 Å². The summed E-state index contributed by atoms with van der Waals surface area (Å²) in [7, 11) is 0. The van der Waals surface area contributed by atoms with Crippen molar-refractivity contribution in [1.82, 2.24) is 9.13 Å². The van der Waals surface area contributed by atoms with E-state index in [2.05, 4.69) is 19.9 Å². The molecule has 0 spiro atoms. The van der Waals surface area contributed by atoms with Gasteiger partial charge in [0.1, 0.15) is 0 Å². The van der Waals surface area contributed by atoms with Gasteiger partial charge < -0.3 is 0 Å². The third-order valence-electron chi connectivity index (χ3n) is 4.54. The normalized spacial score (nSPS) is 22.3. The molecule has 1 unspecified atom stereocenters. The van der Waals surface area contributed by atoms with Gasteiger partial charge in [0.05, 0.1) is 10.7 Å². The van der Waals surface area contributed by atoms with Gasteiger partial charge in [-0.25, -0.2) is 4.79 Å². The molecule has 3 rings (SSSR count). The van der Waals surface area contributed by atoms with Crippen LogP contribution in [0, 0.1) is 5.92 Å². The summed E-state index contributed by atoms with van der Waals surface area (Å²) in [6.45, 7) is 5.71. The smallest absolute Gasteiger partial charge is 0.293 e. The van der Waals surface area contributed by atoms with Crippen LogP contribution in [-0.4, -0.2) is 9.13 Å². The minimum atomic E-state index is 0.181. The summed E-state index contributed by atoms with van der Waals surface area (Å²) >= 11 is 0. The molecule has 98 valence electrons. The molecular weight excluding hydrogens is 224 g/mol. The van der Waals surface area contributed by atoms with Gasteiger partial charge >= 0.3 is 5.69 Å². The lowest BCUT2D eigenvalue weighted by Gasteiger charge is -2.26. The number of rotatable bonds is 2. The molecule has 1 saturated carbocycles. The van der Waals surface area contributed by atoms with Crippen molar-refractivity contribution >= 4 is 11.6 Å². The van der Waals surface area contributed by atoms with Gasteiger partial charge in [-0.2, -0.15) is 0 Å². The lowest BCUT2D eigenvalue weighted by atomic mass is 9.80. The third-order valence-corrected chi connectivity index (χ3v) is 4.54. The Kier molecular flexibility index (Phi) is 2.92. The number of nitrogens with zero attached hydrogens (tertiary/aromatic N) is 2. The molecule has 18 heavy (non-hydrogen) atoms. The summed E-state index contributed by atoms with van der Waals surface area (Å²) in [6, 6.07) is 0. The van der Waals surface area contributed by atoms with Crippen molar-refractivity contribution in [2.75, 3.05) is 0 Å². The molecule has 0 aromatic carbocycles. The molecule has 1 aromatic heterocycles. The van der Waals surface area contributed by atoms with E-state index in [-0.39, 0.29) is 5.69 Å². The molecule has 1 atom stereocenters. The number of aromatic nitrogens is 2. The maximum Gasteiger partial charge on any atom is 0.329 e. The van der Waals surface area contributed by atoms with Crippen LogP contribution in [0.15, 0.2) is 4.79 Å². The second kappa shape index (κ2) is 4.45. The maximum absolute atomic E-state index is 12.4. The average Bonchev–Trinajstić information content (AvgIpc) is 2.70.